The van der Waals surface area contributed by atoms with Crippen LogP contribution in [0.4, 0.5) is 0 Å². The normalized spacial score (nSPS) is 10.8. The highest BCUT2D eigenvalue weighted by molar-refractivity contribution is 6.31. The molecule has 0 saturated carbocycles. The molecule has 108 valence electrons. The number of H-pyrrole nitrogens is 1. The minimum atomic E-state index is 0.596. The monoisotopic (exact) mass is 302 g/mol. The predicted octanol–water partition coefficient (Wildman–Crippen LogP) is 4.29. The summed E-state index contributed by atoms with van der Waals surface area (Å²) in [5.41, 5.74) is 2.72. The van der Waals surface area contributed by atoms with Gasteiger partial charge in [-0.15, -0.1) is 0 Å². The van der Waals surface area contributed by atoms with E-state index in [0.29, 0.717) is 17.4 Å². The molecule has 0 atom stereocenters. The molecule has 0 spiro atoms. The Morgan fingerprint density at radius 2 is 2.00 bits per heavy atom. The third-order valence-electron chi connectivity index (χ3n) is 3.18. The van der Waals surface area contributed by atoms with E-state index in [1.165, 1.54) is 0 Å². The molecule has 1 N–H and O–H groups in total. The average Bonchev–Trinajstić information content (AvgIpc) is 2.91. The highest BCUT2D eigenvalue weighted by Crippen LogP contribution is 2.32. The highest BCUT2D eigenvalue weighted by atomic mass is 35.5. The fraction of sp³-hybridized carbons (Fsp3) is 0.188. The molecule has 5 heteroatoms. The number of imidazole rings is 1. The summed E-state index contributed by atoms with van der Waals surface area (Å²) in [6.07, 6.45) is 0. The second-order valence-corrected chi connectivity index (χ2v) is 4.98. The maximum absolute atomic E-state index is 5.99. The van der Waals surface area contributed by atoms with Crippen LogP contribution in [0.15, 0.2) is 36.4 Å². The zero-order valence-electron chi connectivity index (χ0n) is 11.8. The fourth-order valence-corrected chi connectivity index (χ4v) is 2.38. The molecule has 1 aromatic heterocycles. The van der Waals surface area contributed by atoms with Gasteiger partial charge >= 0.3 is 0 Å². The van der Waals surface area contributed by atoms with E-state index < -0.39 is 0 Å². The number of benzene rings is 2. The lowest BCUT2D eigenvalue weighted by Gasteiger charge is -2.09. The molecule has 2 aromatic carbocycles. The van der Waals surface area contributed by atoms with Crippen LogP contribution in [0.2, 0.25) is 5.02 Å². The Kier molecular flexibility index (Phi) is 3.71. The van der Waals surface area contributed by atoms with Crippen LogP contribution < -0.4 is 9.47 Å². The third-order valence-corrected chi connectivity index (χ3v) is 3.42. The van der Waals surface area contributed by atoms with Crippen LogP contribution in [0.25, 0.3) is 22.4 Å². The van der Waals surface area contributed by atoms with Gasteiger partial charge in [0.1, 0.15) is 5.82 Å². The molecule has 0 bridgehead atoms. The van der Waals surface area contributed by atoms with E-state index in [-0.39, 0.29) is 0 Å². The van der Waals surface area contributed by atoms with Crippen LogP contribution >= 0.6 is 11.6 Å². The lowest BCUT2D eigenvalue weighted by atomic mass is 10.2. The molecule has 0 aliphatic rings. The van der Waals surface area contributed by atoms with Crippen molar-refractivity contribution in [2.24, 2.45) is 0 Å². The number of halogens is 1. The first-order chi connectivity index (χ1) is 10.2. The summed E-state index contributed by atoms with van der Waals surface area (Å²) in [4.78, 5) is 7.83. The number of aromatic amines is 1. The van der Waals surface area contributed by atoms with E-state index in [0.717, 1.165) is 28.2 Å². The van der Waals surface area contributed by atoms with E-state index in [4.69, 9.17) is 21.1 Å². The molecule has 0 aliphatic carbocycles. The van der Waals surface area contributed by atoms with E-state index in [9.17, 15) is 0 Å². The van der Waals surface area contributed by atoms with E-state index >= 15 is 0 Å². The maximum Gasteiger partial charge on any atom is 0.161 e. The molecule has 0 aliphatic heterocycles. The zero-order valence-corrected chi connectivity index (χ0v) is 12.6. The summed E-state index contributed by atoms with van der Waals surface area (Å²) in [7, 11) is 1.63. The van der Waals surface area contributed by atoms with Crippen LogP contribution in [0.5, 0.6) is 11.5 Å². The number of nitrogens with one attached hydrogen (secondary N) is 1. The molecule has 1 heterocycles. The van der Waals surface area contributed by atoms with Gasteiger partial charge in [0.15, 0.2) is 11.5 Å². The summed E-state index contributed by atoms with van der Waals surface area (Å²) >= 11 is 5.99. The lowest BCUT2D eigenvalue weighted by molar-refractivity contribution is 0.311. The van der Waals surface area contributed by atoms with Crippen molar-refractivity contribution in [3.05, 3.63) is 41.4 Å². The van der Waals surface area contributed by atoms with Gasteiger partial charge in [-0.05, 0) is 43.3 Å². The van der Waals surface area contributed by atoms with E-state index in [2.05, 4.69) is 9.97 Å². The molecule has 21 heavy (non-hydrogen) atoms. The van der Waals surface area contributed by atoms with Gasteiger partial charge in [0.2, 0.25) is 0 Å². The van der Waals surface area contributed by atoms with Gasteiger partial charge in [0, 0.05) is 10.6 Å². The standard InChI is InChI=1S/C16H15ClN2O2/c1-3-21-14-7-4-10(8-15(14)20-2)16-18-12-6-5-11(17)9-13(12)19-16/h4-9H,3H2,1-2H3,(H,18,19). The summed E-state index contributed by atoms with van der Waals surface area (Å²) in [6, 6.07) is 11.3. The summed E-state index contributed by atoms with van der Waals surface area (Å²) in [5.74, 6) is 2.18. The van der Waals surface area contributed by atoms with Crippen LogP contribution in [-0.4, -0.2) is 23.7 Å². The molecule has 0 saturated heterocycles. The number of rotatable bonds is 4. The van der Waals surface area contributed by atoms with Crippen molar-refractivity contribution >= 4 is 22.6 Å². The van der Waals surface area contributed by atoms with E-state index in [1.54, 1.807) is 7.11 Å². The Hall–Kier alpha value is -2.20. The molecule has 3 aromatic rings. The van der Waals surface area contributed by atoms with Crippen molar-refractivity contribution in [3.8, 4) is 22.9 Å². The van der Waals surface area contributed by atoms with Crippen LogP contribution in [0.3, 0.4) is 0 Å². The summed E-state index contributed by atoms with van der Waals surface area (Å²) < 4.78 is 10.9. The number of hydrogen-bond acceptors (Lipinski definition) is 3. The molecule has 3 rings (SSSR count). The minimum Gasteiger partial charge on any atom is -0.493 e. The first-order valence-electron chi connectivity index (χ1n) is 6.67. The molecular formula is C16H15ClN2O2. The van der Waals surface area contributed by atoms with Gasteiger partial charge in [-0.1, -0.05) is 11.6 Å². The van der Waals surface area contributed by atoms with Crippen molar-refractivity contribution < 1.29 is 9.47 Å². The van der Waals surface area contributed by atoms with Crippen molar-refractivity contribution in [1.82, 2.24) is 9.97 Å². The van der Waals surface area contributed by atoms with Crippen LogP contribution in [0.1, 0.15) is 6.92 Å². The van der Waals surface area contributed by atoms with Gasteiger partial charge < -0.3 is 14.5 Å². The second-order valence-electron chi connectivity index (χ2n) is 4.55. The number of methoxy groups -OCH3 is 1. The third kappa shape index (κ3) is 2.67. The van der Waals surface area contributed by atoms with Gasteiger partial charge in [0.25, 0.3) is 0 Å². The number of aromatic nitrogens is 2. The molecular weight excluding hydrogens is 288 g/mol. The Morgan fingerprint density at radius 3 is 2.76 bits per heavy atom. The van der Waals surface area contributed by atoms with Crippen LogP contribution in [0, 0.1) is 0 Å². The molecule has 4 nitrogen and oxygen atoms in total. The molecule has 0 unspecified atom stereocenters. The minimum absolute atomic E-state index is 0.596. The predicted molar refractivity (Wildman–Crippen MR) is 84.3 cm³/mol. The van der Waals surface area contributed by atoms with Crippen LogP contribution in [-0.2, 0) is 0 Å². The quantitative estimate of drug-likeness (QED) is 0.782. The Morgan fingerprint density at radius 1 is 1.14 bits per heavy atom. The smallest absolute Gasteiger partial charge is 0.161 e. The van der Waals surface area contributed by atoms with Gasteiger partial charge in [-0.3, -0.25) is 0 Å². The van der Waals surface area contributed by atoms with E-state index in [1.807, 2.05) is 43.3 Å². The molecule has 0 radical (unpaired) electrons. The number of hydrogen-bond donors (Lipinski definition) is 1. The molecule has 0 amide bonds. The second kappa shape index (κ2) is 5.66. The number of fused-ring (bicyclic) bond motifs is 1. The van der Waals surface area contributed by atoms with Crippen molar-refractivity contribution in [1.29, 1.82) is 0 Å². The Labute approximate surface area is 127 Å². The van der Waals surface area contributed by atoms with Gasteiger partial charge in [-0.2, -0.15) is 0 Å². The first-order valence-corrected chi connectivity index (χ1v) is 7.05. The summed E-state index contributed by atoms with van der Waals surface area (Å²) in [6.45, 7) is 2.54. The summed E-state index contributed by atoms with van der Waals surface area (Å²) in [5, 5.41) is 0.682. The largest absolute Gasteiger partial charge is 0.493 e. The van der Waals surface area contributed by atoms with Crippen molar-refractivity contribution in [2.75, 3.05) is 13.7 Å². The van der Waals surface area contributed by atoms with Gasteiger partial charge in [0.05, 0.1) is 24.8 Å². The maximum atomic E-state index is 5.99. The van der Waals surface area contributed by atoms with Gasteiger partial charge in [-0.25, -0.2) is 4.98 Å². The zero-order chi connectivity index (χ0) is 14.8. The topological polar surface area (TPSA) is 47.1 Å². The Bertz CT molecular complexity index is 783. The number of nitrogens with zero attached hydrogens (tertiary/aromatic N) is 1. The average molecular weight is 303 g/mol. The lowest BCUT2D eigenvalue weighted by Crippen LogP contribution is -1.95. The fourth-order valence-electron chi connectivity index (χ4n) is 2.21. The number of ether oxygens (including phenoxy) is 2. The van der Waals surface area contributed by atoms with Crippen molar-refractivity contribution in [2.45, 2.75) is 6.92 Å². The first kappa shape index (κ1) is 13.8. The molecule has 0 fully saturated rings. The van der Waals surface area contributed by atoms with Crippen molar-refractivity contribution in [3.63, 3.8) is 0 Å². The highest BCUT2D eigenvalue weighted by Gasteiger charge is 2.10. The Balaban J connectivity index is 2.05. The SMILES string of the molecule is CCOc1ccc(-c2nc3ccc(Cl)cc3[nH]2)cc1OC.